The Morgan fingerprint density at radius 3 is 2.71 bits per heavy atom. The zero-order valence-corrected chi connectivity index (χ0v) is 10.1. The molecule has 1 aliphatic rings. The molecular formula is C11H12BrClO. The van der Waals surface area contributed by atoms with Gasteiger partial charge in [-0.15, -0.1) is 0 Å². The third-order valence-electron chi connectivity index (χ3n) is 2.69. The molecule has 0 bridgehead atoms. The maximum Gasteiger partial charge on any atom is 0.0653 e. The van der Waals surface area contributed by atoms with Crippen molar-refractivity contribution < 1.29 is 5.11 Å². The van der Waals surface area contributed by atoms with E-state index in [1.54, 1.807) is 0 Å². The minimum Gasteiger partial charge on any atom is -0.390 e. The molecule has 0 heterocycles. The van der Waals surface area contributed by atoms with Crippen LogP contribution in [0.15, 0.2) is 22.7 Å². The lowest BCUT2D eigenvalue weighted by Gasteiger charge is -2.07. The Labute approximate surface area is 97.2 Å². The third kappa shape index (κ3) is 2.50. The molecule has 0 aromatic heterocycles. The molecule has 0 saturated heterocycles. The summed E-state index contributed by atoms with van der Waals surface area (Å²) in [5, 5.41) is 10.4. The molecule has 76 valence electrons. The van der Waals surface area contributed by atoms with Crippen LogP contribution in [0.3, 0.4) is 0 Å². The molecule has 0 amide bonds. The SMILES string of the molecule is OC1(CCc2ccc(Cl)c(Br)c2)CC1. The lowest BCUT2D eigenvalue weighted by Crippen LogP contribution is -2.07. The van der Waals surface area contributed by atoms with Gasteiger partial charge in [0.05, 0.1) is 10.6 Å². The van der Waals surface area contributed by atoms with Crippen LogP contribution in [0.2, 0.25) is 5.02 Å². The van der Waals surface area contributed by atoms with E-state index in [0.29, 0.717) is 0 Å². The van der Waals surface area contributed by atoms with E-state index in [2.05, 4.69) is 15.9 Å². The molecule has 0 aliphatic heterocycles. The second-order valence-corrected chi connectivity index (χ2v) is 5.23. The van der Waals surface area contributed by atoms with E-state index in [-0.39, 0.29) is 5.60 Å². The minimum atomic E-state index is -0.355. The van der Waals surface area contributed by atoms with Crippen LogP contribution in [-0.4, -0.2) is 10.7 Å². The highest BCUT2D eigenvalue weighted by Gasteiger charge is 2.39. The lowest BCUT2D eigenvalue weighted by molar-refractivity contribution is 0.140. The summed E-state index contributed by atoms with van der Waals surface area (Å²) in [7, 11) is 0. The van der Waals surface area contributed by atoms with Gasteiger partial charge in [-0.05, 0) is 59.3 Å². The van der Waals surface area contributed by atoms with E-state index < -0.39 is 0 Å². The number of aliphatic hydroxyl groups is 1. The third-order valence-corrected chi connectivity index (χ3v) is 3.90. The predicted octanol–water partition coefficient (Wildman–Crippen LogP) is 3.56. The van der Waals surface area contributed by atoms with Crippen molar-refractivity contribution in [2.24, 2.45) is 0 Å². The molecule has 1 aromatic rings. The van der Waals surface area contributed by atoms with Crippen LogP contribution < -0.4 is 0 Å². The zero-order valence-electron chi connectivity index (χ0n) is 7.76. The molecule has 2 rings (SSSR count). The topological polar surface area (TPSA) is 20.2 Å². The summed E-state index contributed by atoms with van der Waals surface area (Å²) in [6.45, 7) is 0. The number of aryl methyl sites for hydroxylation is 1. The van der Waals surface area contributed by atoms with Crippen molar-refractivity contribution in [3.05, 3.63) is 33.3 Å². The van der Waals surface area contributed by atoms with Gasteiger partial charge >= 0.3 is 0 Å². The molecule has 0 unspecified atom stereocenters. The van der Waals surface area contributed by atoms with Crippen LogP contribution in [0.5, 0.6) is 0 Å². The Morgan fingerprint density at radius 1 is 1.43 bits per heavy atom. The van der Waals surface area contributed by atoms with E-state index in [9.17, 15) is 5.11 Å². The standard InChI is InChI=1S/C11H12BrClO/c12-9-7-8(1-2-10(9)13)3-4-11(14)5-6-11/h1-2,7,14H,3-6H2. The van der Waals surface area contributed by atoms with Crippen LogP contribution in [0.4, 0.5) is 0 Å². The van der Waals surface area contributed by atoms with Crippen molar-refractivity contribution in [1.82, 2.24) is 0 Å². The number of benzene rings is 1. The minimum absolute atomic E-state index is 0.355. The second-order valence-electron chi connectivity index (χ2n) is 3.97. The summed E-state index contributed by atoms with van der Waals surface area (Å²) < 4.78 is 0.930. The average molecular weight is 276 g/mol. The van der Waals surface area contributed by atoms with Crippen LogP contribution in [0.1, 0.15) is 24.8 Å². The van der Waals surface area contributed by atoms with Gasteiger partial charge in [-0.2, -0.15) is 0 Å². The highest BCUT2D eigenvalue weighted by Crippen LogP contribution is 2.39. The fraction of sp³-hybridized carbons (Fsp3) is 0.455. The maximum atomic E-state index is 9.68. The first-order valence-electron chi connectivity index (χ1n) is 4.75. The molecule has 1 aliphatic carbocycles. The van der Waals surface area contributed by atoms with Crippen molar-refractivity contribution in [2.75, 3.05) is 0 Å². The largest absolute Gasteiger partial charge is 0.390 e. The highest BCUT2D eigenvalue weighted by molar-refractivity contribution is 9.10. The van der Waals surface area contributed by atoms with Gasteiger partial charge in [-0.1, -0.05) is 17.7 Å². The van der Waals surface area contributed by atoms with E-state index in [0.717, 1.165) is 35.2 Å². The maximum absolute atomic E-state index is 9.68. The van der Waals surface area contributed by atoms with Gasteiger partial charge in [0.25, 0.3) is 0 Å². The van der Waals surface area contributed by atoms with Gasteiger partial charge in [-0.25, -0.2) is 0 Å². The normalized spacial score (nSPS) is 18.2. The number of hydrogen-bond acceptors (Lipinski definition) is 1. The van der Waals surface area contributed by atoms with Crippen LogP contribution >= 0.6 is 27.5 Å². The fourth-order valence-corrected chi connectivity index (χ4v) is 2.01. The number of rotatable bonds is 3. The van der Waals surface area contributed by atoms with Gasteiger partial charge < -0.3 is 5.11 Å². The summed E-state index contributed by atoms with van der Waals surface area (Å²) >= 11 is 9.27. The van der Waals surface area contributed by atoms with Crippen molar-refractivity contribution in [2.45, 2.75) is 31.3 Å². The van der Waals surface area contributed by atoms with Gasteiger partial charge in [0.2, 0.25) is 0 Å². The molecule has 1 N–H and O–H groups in total. The molecule has 0 spiro atoms. The average Bonchev–Trinajstić information content (AvgIpc) is 2.87. The van der Waals surface area contributed by atoms with E-state index >= 15 is 0 Å². The van der Waals surface area contributed by atoms with Crippen molar-refractivity contribution in [1.29, 1.82) is 0 Å². The Hall–Kier alpha value is -0.0500. The second kappa shape index (κ2) is 3.84. The number of hydrogen-bond donors (Lipinski definition) is 1. The quantitative estimate of drug-likeness (QED) is 0.894. The molecule has 1 fully saturated rings. The van der Waals surface area contributed by atoms with Crippen LogP contribution in [-0.2, 0) is 6.42 Å². The first-order valence-corrected chi connectivity index (χ1v) is 5.92. The first kappa shape index (κ1) is 10.5. The predicted molar refractivity (Wildman–Crippen MR) is 61.7 cm³/mol. The molecule has 1 nitrogen and oxygen atoms in total. The van der Waals surface area contributed by atoms with Gasteiger partial charge in [0.15, 0.2) is 0 Å². The van der Waals surface area contributed by atoms with Crippen molar-refractivity contribution >= 4 is 27.5 Å². The smallest absolute Gasteiger partial charge is 0.0653 e. The summed E-state index contributed by atoms with van der Waals surface area (Å²) in [5.41, 5.74) is 0.869. The Morgan fingerprint density at radius 2 is 2.14 bits per heavy atom. The molecule has 1 aromatic carbocycles. The van der Waals surface area contributed by atoms with Crippen molar-refractivity contribution in [3.63, 3.8) is 0 Å². The Bertz CT molecular complexity index is 347. The van der Waals surface area contributed by atoms with Gasteiger partial charge in [0, 0.05) is 4.47 Å². The lowest BCUT2D eigenvalue weighted by atomic mass is 10.1. The van der Waals surface area contributed by atoms with Gasteiger partial charge in [0.1, 0.15) is 0 Å². The van der Waals surface area contributed by atoms with Gasteiger partial charge in [-0.3, -0.25) is 0 Å². The summed E-state index contributed by atoms with van der Waals surface area (Å²) in [4.78, 5) is 0. The van der Waals surface area contributed by atoms with Crippen LogP contribution in [0.25, 0.3) is 0 Å². The Kier molecular flexibility index (Phi) is 2.87. The van der Waals surface area contributed by atoms with E-state index in [1.807, 2.05) is 18.2 Å². The summed E-state index contributed by atoms with van der Waals surface area (Å²) in [6, 6.07) is 5.92. The molecule has 0 radical (unpaired) electrons. The fourth-order valence-electron chi connectivity index (χ4n) is 1.47. The number of halogens is 2. The first-order chi connectivity index (χ1) is 6.59. The van der Waals surface area contributed by atoms with E-state index in [4.69, 9.17) is 11.6 Å². The molecule has 1 saturated carbocycles. The Balaban J connectivity index is 1.99. The van der Waals surface area contributed by atoms with Crippen LogP contribution in [0, 0.1) is 0 Å². The molecule has 3 heteroatoms. The molecule has 0 atom stereocenters. The molecular weight excluding hydrogens is 263 g/mol. The zero-order chi connectivity index (χ0) is 10.2. The monoisotopic (exact) mass is 274 g/mol. The summed E-state index contributed by atoms with van der Waals surface area (Å²) in [6.07, 6.45) is 3.71. The highest BCUT2D eigenvalue weighted by atomic mass is 79.9. The summed E-state index contributed by atoms with van der Waals surface area (Å²) in [5.74, 6) is 0. The molecule has 14 heavy (non-hydrogen) atoms. The van der Waals surface area contributed by atoms with Crippen molar-refractivity contribution in [3.8, 4) is 0 Å². The van der Waals surface area contributed by atoms with E-state index in [1.165, 1.54) is 5.56 Å².